The molecule has 0 bridgehead atoms. The standard InChI is InChI=1S/C22H22F16N2O/c1-6-40(5)10-39-13-7-12(3)14(8-11(13)2)41-9-16(25,26)18(29,30)20(33,34)22(37,38)21(35,36)19(31,32)17(27,28)15(4,23)24/h7-8,10H,6,9H2,1-5H3/b39-10+. The van der Waals surface area contributed by atoms with Gasteiger partial charge >= 0.3 is 47.4 Å². The maximum atomic E-state index is 14.2. The fourth-order valence-corrected chi connectivity index (χ4v) is 2.86. The van der Waals surface area contributed by atoms with Crippen LogP contribution in [0.2, 0.25) is 0 Å². The molecule has 0 atom stereocenters. The molecule has 0 amide bonds. The number of hydrogen-bond donors (Lipinski definition) is 0. The average molecular weight is 634 g/mol. The number of rotatable bonds is 13. The molecule has 0 aliphatic heterocycles. The molecule has 0 saturated carbocycles. The van der Waals surface area contributed by atoms with Crippen molar-refractivity contribution in [2.45, 2.75) is 75.1 Å². The maximum Gasteiger partial charge on any atom is 0.385 e. The second-order valence-corrected chi connectivity index (χ2v) is 9.05. The van der Waals surface area contributed by atoms with Crippen LogP contribution in [0.3, 0.4) is 0 Å². The van der Waals surface area contributed by atoms with Gasteiger partial charge in [0.2, 0.25) is 0 Å². The van der Waals surface area contributed by atoms with Crippen LogP contribution in [0.25, 0.3) is 0 Å². The molecule has 1 aromatic rings. The lowest BCUT2D eigenvalue weighted by atomic mass is 9.88. The molecule has 0 saturated heterocycles. The van der Waals surface area contributed by atoms with Crippen molar-refractivity contribution in [1.82, 2.24) is 4.90 Å². The van der Waals surface area contributed by atoms with E-state index in [1.807, 2.05) is 0 Å². The number of hydrogen-bond acceptors (Lipinski definition) is 2. The van der Waals surface area contributed by atoms with Crippen LogP contribution in [-0.2, 0) is 0 Å². The Labute approximate surface area is 222 Å². The number of aliphatic imine (C=N–C) groups is 1. The zero-order chi connectivity index (χ0) is 32.8. The summed E-state index contributed by atoms with van der Waals surface area (Å²) in [6.45, 7) is 0.527. The molecule has 0 fully saturated rings. The van der Waals surface area contributed by atoms with Gasteiger partial charge < -0.3 is 9.64 Å². The molecule has 0 aliphatic rings. The third kappa shape index (κ3) is 5.85. The van der Waals surface area contributed by atoms with Crippen LogP contribution in [0.1, 0.15) is 25.0 Å². The summed E-state index contributed by atoms with van der Waals surface area (Å²) in [5.74, 6) is -62.1. The SMILES string of the molecule is CCN(C)/C=N/c1cc(C)c(OCC(F)(F)C(F)(F)C(F)(F)C(F)(F)C(F)(F)C(F)(F)C(F)(F)C(C)(F)F)cc1C. The fourth-order valence-electron chi connectivity index (χ4n) is 2.86. The third-order valence-electron chi connectivity index (χ3n) is 5.78. The van der Waals surface area contributed by atoms with Crippen molar-refractivity contribution in [3.05, 3.63) is 23.3 Å². The molecule has 3 nitrogen and oxygen atoms in total. The molecule has 1 aromatic carbocycles. The summed E-state index contributed by atoms with van der Waals surface area (Å²) >= 11 is 0. The van der Waals surface area contributed by atoms with E-state index < -0.39 is 66.7 Å². The summed E-state index contributed by atoms with van der Waals surface area (Å²) < 4.78 is 223. The molecule has 0 aromatic heterocycles. The van der Waals surface area contributed by atoms with Gasteiger partial charge in [0.1, 0.15) is 5.75 Å². The lowest BCUT2D eigenvalue weighted by Crippen LogP contribution is -2.74. The van der Waals surface area contributed by atoms with Crippen molar-refractivity contribution < 1.29 is 75.0 Å². The van der Waals surface area contributed by atoms with Gasteiger partial charge in [0.25, 0.3) is 0 Å². The number of alkyl halides is 16. The van der Waals surface area contributed by atoms with Crippen LogP contribution in [0.15, 0.2) is 17.1 Å². The number of ether oxygens (including phenoxy) is 1. The molecule has 0 heterocycles. The molecule has 41 heavy (non-hydrogen) atoms. The van der Waals surface area contributed by atoms with Crippen LogP contribution in [0, 0.1) is 13.8 Å². The molecule has 1 rings (SSSR count). The van der Waals surface area contributed by atoms with E-state index in [-0.39, 0.29) is 16.8 Å². The van der Waals surface area contributed by atoms with E-state index in [1.54, 1.807) is 18.9 Å². The lowest BCUT2D eigenvalue weighted by Gasteiger charge is -2.43. The van der Waals surface area contributed by atoms with Gasteiger partial charge in [-0.1, -0.05) is 0 Å². The minimum Gasteiger partial charge on any atom is -0.487 e. The van der Waals surface area contributed by atoms with Gasteiger partial charge in [-0.2, -0.15) is 70.2 Å². The highest BCUT2D eigenvalue weighted by molar-refractivity contribution is 5.64. The van der Waals surface area contributed by atoms with E-state index in [0.29, 0.717) is 6.54 Å². The third-order valence-corrected chi connectivity index (χ3v) is 5.78. The fraction of sp³-hybridized carbons (Fsp3) is 0.682. The summed E-state index contributed by atoms with van der Waals surface area (Å²) in [6, 6.07) is 2.01. The first-order valence-corrected chi connectivity index (χ1v) is 11.0. The van der Waals surface area contributed by atoms with Gasteiger partial charge in [-0.25, -0.2) is 4.99 Å². The summed E-state index contributed by atoms with van der Waals surface area (Å²) in [5.41, 5.74) is 0.136. The van der Waals surface area contributed by atoms with Crippen molar-refractivity contribution in [1.29, 1.82) is 0 Å². The second-order valence-electron chi connectivity index (χ2n) is 9.05. The molecule has 0 spiro atoms. The largest absolute Gasteiger partial charge is 0.487 e. The highest BCUT2D eigenvalue weighted by Gasteiger charge is 2.94. The van der Waals surface area contributed by atoms with E-state index in [1.165, 1.54) is 13.3 Å². The molecular formula is C22H22F16N2O. The van der Waals surface area contributed by atoms with E-state index >= 15 is 0 Å². The van der Waals surface area contributed by atoms with Crippen LogP contribution in [0.5, 0.6) is 5.75 Å². The molecular weight excluding hydrogens is 612 g/mol. The van der Waals surface area contributed by atoms with Gasteiger partial charge in [-0.05, 0) is 44.0 Å². The van der Waals surface area contributed by atoms with Crippen molar-refractivity contribution in [3.63, 3.8) is 0 Å². The molecule has 0 N–H and O–H groups in total. The van der Waals surface area contributed by atoms with Crippen LogP contribution >= 0.6 is 0 Å². The topological polar surface area (TPSA) is 24.8 Å². The monoisotopic (exact) mass is 634 g/mol. The van der Waals surface area contributed by atoms with Crippen molar-refractivity contribution in [2.24, 2.45) is 4.99 Å². The van der Waals surface area contributed by atoms with Gasteiger partial charge in [-0.15, -0.1) is 0 Å². The molecule has 0 unspecified atom stereocenters. The van der Waals surface area contributed by atoms with Gasteiger partial charge in [0.15, 0.2) is 6.61 Å². The zero-order valence-electron chi connectivity index (χ0n) is 21.5. The maximum absolute atomic E-state index is 14.2. The van der Waals surface area contributed by atoms with Crippen molar-refractivity contribution >= 4 is 12.0 Å². The first kappa shape index (κ1) is 36.4. The number of halogens is 16. The Morgan fingerprint density at radius 2 is 1.10 bits per heavy atom. The van der Waals surface area contributed by atoms with Gasteiger partial charge in [0.05, 0.1) is 12.0 Å². The Kier molecular flexibility index (Phi) is 9.67. The smallest absolute Gasteiger partial charge is 0.385 e. The lowest BCUT2D eigenvalue weighted by molar-refractivity contribution is -0.452. The first-order valence-electron chi connectivity index (χ1n) is 11.0. The van der Waals surface area contributed by atoms with E-state index in [0.717, 1.165) is 19.1 Å². The Morgan fingerprint density at radius 3 is 1.51 bits per heavy atom. The minimum atomic E-state index is -8.46. The predicted molar refractivity (Wildman–Crippen MR) is 113 cm³/mol. The zero-order valence-corrected chi connectivity index (χ0v) is 21.5. The second kappa shape index (κ2) is 10.9. The Bertz CT molecular complexity index is 1110. The Morgan fingerprint density at radius 1 is 0.683 bits per heavy atom. The summed E-state index contributed by atoms with van der Waals surface area (Å²) in [6.07, 6.45) is 1.33. The molecule has 0 radical (unpaired) electrons. The highest BCUT2D eigenvalue weighted by atomic mass is 19.4. The van der Waals surface area contributed by atoms with Crippen LogP contribution < -0.4 is 4.74 Å². The number of nitrogens with zero attached hydrogens (tertiary/aromatic N) is 2. The van der Waals surface area contributed by atoms with Crippen LogP contribution in [-0.4, -0.2) is 78.8 Å². The van der Waals surface area contributed by atoms with Gasteiger partial charge in [-0.3, -0.25) is 0 Å². The van der Waals surface area contributed by atoms with Crippen molar-refractivity contribution in [2.75, 3.05) is 20.2 Å². The Balaban J connectivity index is 3.44. The first-order chi connectivity index (χ1) is 18.0. The molecule has 238 valence electrons. The summed E-state index contributed by atoms with van der Waals surface area (Å²) in [5, 5.41) is 0. The normalized spacial score (nSPS) is 15.0. The summed E-state index contributed by atoms with van der Waals surface area (Å²) in [4.78, 5) is 5.61. The van der Waals surface area contributed by atoms with Crippen molar-refractivity contribution in [3.8, 4) is 5.75 Å². The Hall–Kier alpha value is -2.63. The predicted octanol–water partition coefficient (Wildman–Crippen LogP) is 8.40. The van der Waals surface area contributed by atoms with E-state index in [9.17, 15) is 70.2 Å². The molecule has 19 heteroatoms. The number of aryl methyl sites for hydroxylation is 2. The van der Waals surface area contributed by atoms with Gasteiger partial charge in [0, 0.05) is 20.5 Å². The average Bonchev–Trinajstić information content (AvgIpc) is 2.81. The highest BCUT2D eigenvalue weighted by Crippen LogP contribution is 2.63. The minimum absolute atomic E-state index is 0.119. The number of benzene rings is 1. The quantitative estimate of drug-likeness (QED) is 0.124. The summed E-state index contributed by atoms with van der Waals surface area (Å²) in [7, 11) is 1.62. The van der Waals surface area contributed by atoms with Crippen LogP contribution in [0.4, 0.5) is 75.9 Å². The van der Waals surface area contributed by atoms with E-state index in [4.69, 9.17) is 0 Å². The molecule has 0 aliphatic carbocycles. The van der Waals surface area contributed by atoms with E-state index in [2.05, 4.69) is 9.73 Å².